The fourth-order valence-electron chi connectivity index (χ4n) is 2.65. The maximum Gasteiger partial charge on any atom is 0.123 e. The summed E-state index contributed by atoms with van der Waals surface area (Å²) in [5.74, 6) is 0.326. The number of ether oxygens (including phenoxy) is 1. The quantitative estimate of drug-likeness (QED) is 0.740. The molecule has 0 N–H and O–H groups in total. The van der Waals surface area contributed by atoms with Gasteiger partial charge in [-0.2, -0.15) is 0 Å². The van der Waals surface area contributed by atoms with E-state index >= 15 is 0 Å². The SMILES string of the molecule is Cc1cc(F)cc(C)c1C(Br)C1COC(C)C1. The molecule has 2 rings (SSSR count). The van der Waals surface area contributed by atoms with Gasteiger partial charge in [0.15, 0.2) is 0 Å². The monoisotopic (exact) mass is 300 g/mol. The summed E-state index contributed by atoms with van der Waals surface area (Å²) in [7, 11) is 0. The second-order valence-corrected chi connectivity index (χ2v) is 5.98. The van der Waals surface area contributed by atoms with E-state index in [9.17, 15) is 4.39 Å². The molecule has 1 fully saturated rings. The molecule has 1 aliphatic rings. The maximum absolute atomic E-state index is 13.3. The van der Waals surface area contributed by atoms with E-state index in [1.54, 1.807) is 12.1 Å². The van der Waals surface area contributed by atoms with Crippen molar-refractivity contribution < 1.29 is 9.13 Å². The van der Waals surface area contributed by atoms with Gasteiger partial charge in [-0.05, 0) is 56.0 Å². The number of hydrogen-bond acceptors (Lipinski definition) is 1. The molecule has 17 heavy (non-hydrogen) atoms. The molecule has 1 nitrogen and oxygen atoms in total. The highest BCUT2D eigenvalue weighted by molar-refractivity contribution is 9.09. The highest BCUT2D eigenvalue weighted by atomic mass is 79.9. The first-order chi connectivity index (χ1) is 7.99. The highest BCUT2D eigenvalue weighted by Crippen LogP contribution is 2.40. The summed E-state index contributed by atoms with van der Waals surface area (Å²) in [5.41, 5.74) is 3.25. The number of aryl methyl sites for hydroxylation is 2. The van der Waals surface area contributed by atoms with Crippen LogP contribution in [0.2, 0.25) is 0 Å². The molecule has 1 saturated heterocycles. The molecule has 0 amide bonds. The van der Waals surface area contributed by atoms with Crippen LogP contribution < -0.4 is 0 Å². The van der Waals surface area contributed by atoms with E-state index < -0.39 is 0 Å². The Labute approximate surface area is 110 Å². The van der Waals surface area contributed by atoms with Gasteiger partial charge in [0.1, 0.15) is 5.82 Å². The van der Waals surface area contributed by atoms with Crippen molar-refractivity contribution >= 4 is 15.9 Å². The fourth-order valence-corrected chi connectivity index (χ4v) is 3.74. The molecular formula is C14H18BrFO. The first kappa shape index (κ1) is 13.0. The van der Waals surface area contributed by atoms with Crippen molar-refractivity contribution in [2.75, 3.05) is 6.61 Å². The van der Waals surface area contributed by atoms with Gasteiger partial charge in [0.2, 0.25) is 0 Å². The molecule has 0 saturated carbocycles. The Morgan fingerprint density at radius 1 is 1.35 bits per heavy atom. The summed E-state index contributed by atoms with van der Waals surface area (Å²) in [6.45, 7) is 6.83. The summed E-state index contributed by atoms with van der Waals surface area (Å²) >= 11 is 3.76. The van der Waals surface area contributed by atoms with Crippen molar-refractivity contribution in [1.29, 1.82) is 0 Å². The number of halogens is 2. The average Bonchev–Trinajstić information content (AvgIpc) is 2.63. The standard InChI is InChI=1S/C14H18BrFO/c1-8-4-12(16)5-9(2)13(8)14(15)11-6-10(3)17-7-11/h4-5,10-11,14H,6-7H2,1-3H3. The second-order valence-electron chi connectivity index (χ2n) is 4.99. The van der Waals surface area contributed by atoms with Gasteiger partial charge in [-0.25, -0.2) is 4.39 Å². The van der Waals surface area contributed by atoms with Crippen molar-refractivity contribution in [3.05, 3.63) is 34.6 Å². The molecule has 1 heterocycles. The summed E-state index contributed by atoms with van der Waals surface area (Å²) in [6, 6.07) is 3.21. The van der Waals surface area contributed by atoms with E-state index in [-0.39, 0.29) is 10.6 Å². The topological polar surface area (TPSA) is 9.23 Å². The lowest BCUT2D eigenvalue weighted by Crippen LogP contribution is -2.10. The maximum atomic E-state index is 13.3. The van der Waals surface area contributed by atoms with Gasteiger partial charge in [0, 0.05) is 10.7 Å². The number of benzene rings is 1. The molecule has 1 aromatic rings. The minimum Gasteiger partial charge on any atom is -0.378 e. The largest absolute Gasteiger partial charge is 0.378 e. The van der Waals surface area contributed by atoms with Gasteiger partial charge < -0.3 is 4.74 Å². The average molecular weight is 301 g/mol. The van der Waals surface area contributed by atoms with E-state index in [4.69, 9.17) is 4.74 Å². The van der Waals surface area contributed by atoms with Crippen LogP contribution in [0.25, 0.3) is 0 Å². The molecule has 3 atom stereocenters. The molecule has 0 aliphatic carbocycles. The van der Waals surface area contributed by atoms with Crippen molar-refractivity contribution in [2.24, 2.45) is 5.92 Å². The molecular weight excluding hydrogens is 283 g/mol. The van der Waals surface area contributed by atoms with Crippen LogP contribution >= 0.6 is 15.9 Å². The third kappa shape index (κ3) is 2.71. The van der Waals surface area contributed by atoms with E-state index in [1.807, 2.05) is 13.8 Å². The minimum atomic E-state index is -0.153. The Kier molecular flexibility index (Phi) is 3.88. The lowest BCUT2D eigenvalue weighted by atomic mass is 9.91. The molecule has 0 spiro atoms. The van der Waals surface area contributed by atoms with E-state index in [2.05, 4.69) is 22.9 Å². The first-order valence-electron chi connectivity index (χ1n) is 6.01. The minimum absolute atomic E-state index is 0.153. The van der Waals surface area contributed by atoms with Crippen LogP contribution in [0.5, 0.6) is 0 Å². The predicted octanol–water partition coefficient (Wildman–Crippen LogP) is 4.30. The van der Waals surface area contributed by atoms with Crippen LogP contribution in [0.3, 0.4) is 0 Å². The smallest absolute Gasteiger partial charge is 0.123 e. The van der Waals surface area contributed by atoms with Crippen molar-refractivity contribution in [3.63, 3.8) is 0 Å². The summed E-state index contributed by atoms with van der Waals surface area (Å²) < 4.78 is 18.9. The predicted molar refractivity (Wildman–Crippen MR) is 71.1 cm³/mol. The summed E-state index contributed by atoms with van der Waals surface area (Å²) in [4.78, 5) is 0.257. The van der Waals surface area contributed by atoms with Crippen LogP contribution in [0.4, 0.5) is 4.39 Å². The third-order valence-corrected chi connectivity index (χ3v) is 4.68. The van der Waals surface area contributed by atoms with Crippen LogP contribution in [-0.2, 0) is 4.74 Å². The zero-order valence-corrected chi connectivity index (χ0v) is 12.1. The van der Waals surface area contributed by atoms with Crippen molar-refractivity contribution in [3.8, 4) is 0 Å². The van der Waals surface area contributed by atoms with Crippen LogP contribution in [-0.4, -0.2) is 12.7 Å². The van der Waals surface area contributed by atoms with Crippen molar-refractivity contribution in [2.45, 2.75) is 38.1 Å². The van der Waals surface area contributed by atoms with Crippen LogP contribution in [0.15, 0.2) is 12.1 Å². The second kappa shape index (κ2) is 5.07. The molecule has 0 bridgehead atoms. The molecule has 0 aromatic heterocycles. The number of rotatable bonds is 2. The molecule has 0 radical (unpaired) electrons. The van der Waals surface area contributed by atoms with Gasteiger partial charge >= 0.3 is 0 Å². The molecule has 1 aromatic carbocycles. The van der Waals surface area contributed by atoms with Gasteiger partial charge in [0.25, 0.3) is 0 Å². The third-order valence-electron chi connectivity index (χ3n) is 3.48. The van der Waals surface area contributed by atoms with Gasteiger partial charge in [-0.15, -0.1) is 0 Å². The Morgan fingerprint density at radius 2 is 1.94 bits per heavy atom. The Hall–Kier alpha value is -0.410. The Bertz CT molecular complexity index is 396. The molecule has 3 heteroatoms. The number of alkyl halides is 1. The Balaban J connectivity index is 2.27. The van der Waals surface area contributed by atoms with E-state index in [1.165, 1.54) is 5.56 Å². The number of hydrogen-bond donors (Lipinski definition) is 0. The van der Waals surface area contributed by atoms with E-state index in [0.717, 1.165) is 24.2 Å². The van der Waals surface area contributed by atoms with Gasteiger partial charge in [0.05, 0.1) is 12.7 Å². The normalized spacial score (nSPS) is 26.2. The zero-order chi connectivity index (χ0) is 12.6. The zero-order valence-electron chi connectivity index (χ0n) is 10.5. The molecule has 1 aliphatic heterocycles. The van der Waals surface area contributed by atoms with Crippen molar-refractivity contribution in [1.82, 2.24) is 0 Å². The summed E-state index contributed by atoms with van der Waals surface area (Å²) in [5, 5.41) is 0. The fraction of sp³-hybridized carbons (Fsp3) is 0.571. The molecule has 3 unspecified atom stereocenters. The lowest BCUT2D eigenvalue weighted by Gasteiger charge is -2.21. The van der Waals surface area contributed by atoms with Gasteiger partial charge in [-0.1, -0.05) is 15.9 Å². The first-order valence-corrected chi connectivity index (χ1v) is 6.93. The lowest BCUT2D eigenvalue weighted by molar-refractivity contribution is 0.120. The highest BCUT2D eigenvalue weighted by Gasteiger charge is 2.30. The summed E-state index contributed by atoms with van der Waals surface area (Å²) in [6.07, 6.45) is 1.40. The Morgan fingerprint density at radius 3 is 2.41 bits per heavy atom. The van der Waals surface area contributed by atoms with Crippen LogP contribution in [0, 0.1) is 25.6 Å². The van der Waals surface area contributed by atoms with Crippen LogP contribution in [0.1, 0.15) is 34.9 Å². The molecule has 94 valence electrons. The van der Waals surface area contributed by atoms with Gasteiger partial charge in [-0.3, -0.25) is 0 Å². The van der Waals surface area contributed by atoms with E-state index in [0.29, 0.717) is 12.0 Å².